The molecule has 1 rings (SSSR count). The van der Waals surface area contributed by atoms with Crippen LogP contribution in [-0.2, 0) is 6.42 Å². The minimum absolute atomic E-state index is 0.199. The molecule has 2 atom stereocenters. The normalized spacial score (nSPS) is 14.9. The van der Waals surface area contributed by atoms with E-state index in [2.05, 4.69) is 52.0 Å². The lowest BCUT2D eigenvalue weighted by Gasteiger charge is -2.15. The highest BCUT2D eigenvalue weighted by Gasteiger charge is 2.10. The van der Waals surface area contributed by atoms with Gasteiger partial charge in [0.25, 0.3) is 0 Å². The number of aliphatic hydroxyl groups is 1. The molecule has 0 spiro atoms. The molecule has 96 valence electrons. The molecule has 0 saturated heterocycles. The average Bonchev–Trinajstić information content (AvgIpc) is 2.29. The third kappa shape index (κ3) is 4.91. The summed E-state index contributed by atoms with van der Waals surface area (Å²) in [7, 11) is 0. The van der Waals surface area contributed by atoms with Gasteiger partial charge in [-0.1, -0.05) is 58.4 Å². The first-order chi connectivity index (χ1) is 8.02. The van der Waals surface area contributed by atoms with E-state index in [9.17, 15) is 5.11 Å². The van der Waals surface area contributed by atoms with Crippen LogP contribution in [0.15, 0.2) is 24.3 Å². The van der Waals surface area contributed by atoms with E-state index in [-0.39, 0.29) is 6.10 Å². The summed E-state index contributed by atoms with van der Waals surface area (Å²) in [6.45, 7) is 8.78. The molecular weight excluding hydrogens is 208 g/mol. The van der Waals surface area contributed by atoms with Crippen molar-refractivity contribution in [2.75, 3.05) is 0 Å². The molecule has 1 aromatic rings. The summed E-state index contributed by atoms with van der Waals surface area (Å²) in [5.41, 5.74) is 2.61. The van der Waals surface area contributed by atoms with Crippen LogP contribution < -0.4 is 0 Å². The molecule has 2 unspecified atom stereocenters. The van der Waals surface area contributed by atoms with Gasteiger partial charge >= 0.3 is 0 Å². The van der Waals surface area contributed by atoms with Gasteiger partial charge in [0, 0.05) is 0 Å². The van der Waals surface area contributed by atoms with Crippen molar-refractivity contribution in [3.8, 4) is 0 Å². The van der Waals surface area contributed by atoms with Gasteiger partial charge in [0.05, 0.1) is 6.10 Å². The summed E-state index contributed by atoms with van der Waals surface area (Å²) in [6, 6.07) is 8.65. The van der Waals surface area contributed by atoms with Crippen molar-refractivity contribution in [3.05, 3.63) is 35.4 Å². The Kier molecular flexibility index (Phi) is 5.70. The highest BCUT2D eigenvalue weighted by Crippen LogP contribution is 2.17. The van der Waals surface area contributed by atoms with Gasteiger partial charge in [-0.25, -0.2) is 0 Å². The van der Waals surface area contributed by atoms with Gasteiger partial charge in [-0.3, -0.25) is 0 Å². The van der Waals surface area contributed by atoms with Crippen molar-refractivity contribution in [2.24, 2.45) is 5.92 Å². The molecular formula is C16H26O. The number of hydrogen-bond donors (Lipinski definition) is 1. The molecule has 0 heterocycles. The Labute approximate surface area is 106 Å². The van der Waals surface area contributed by atoms with Crippen molar-refractivity contribution >= 4 is 0 Å². The van der Waals surface area contributed by atoms with Gasteiger partial charge in [0.2, 0.25) is 0 Å². The molecule has 1 heteroatoms. The van der Waals surface area contributed by atoms with Gasteiger partial charge in [0.1, 0.15) is 0 Å². The van der Waals surface area contributed by atoms with E-state index in [0.717, 1.165) is 19.3 Å². The van der Waals surface area contributed by atoms with Crippen molar-refractivity contribution in [1.82, 2.24) is 0 Å². The smallest absolute Gasteiger partial charge is 0.0583 e. The molecule has 1 nitrogen and oxygen atoms in total. The second-order valence-corrected chi connectivity index (χ2v) is 5.50. The van der Waals surface area contributed by atoms with Crippen molar-refractivity contribution in [1.29, 1.82) is 0 Å². The molecule has 0 fully saturated rings. The van der Waals surface area contributed by atoms with Gasteiger partial charge in [-0.2, -0.15) is 0 Å². The average molecular weight is 234 g/mol. The molecule has 0 radical (unpaired) electrons. The summed E-state index contributed by atoms with van der Waals surface area (Å²) in [4.78, 5) is 0. The molecule has 0 aromatic heterocycles. The van der Waals surface area contributed by atoms with Crippen LogP contribution in [0.1, 0.15) is 57.6 Å². The van der Waals surface area contributed by atoms with E-state index >= 15 is 0 Å². The maximum absolute atomic E-state index is 9.98. The van der Waals surface area contributed by atoms with Gasteiger partial charge in [-0.15, -0.1) is 0 Å². The molecule has 0 bridgehead atoms. The second kappa shape index (κ2) is 6.80. The fourth-order valence-corrected chi connectivity index (χ4v) is 2.03. The molecule has 0 saturated carbocycles. The Morgan fingerprint density at radius 1 is 1.06 bits per heavy atom. The van der Waals surface area contributed by atoms with Gasteiger partial charge in [-0.05, 0) is 35.8 Å². The monoisotopic (exact) mass is 234 g/mol. The van der Waals surface area contributed by atoms with E-state index in [4.69, 9.17) is 0 Å². The van der Waals surface area contributed by atoms with E-state index < -0.39 is 0 Å². The minimum atomic E-state index is -0.199. The fourth-order valence-electron chi connectivity index (χ4n) is 2.03. The quantitative estimate of drug-likeness (QED) is 0.784. The third-order valence-electron chi connectivity index (χ3n) is 3.49. The molecule has 0 aliphatic rings. The summed E-state index contributed by atoms with van der Waals surface area (Å²) in [6.07, 6.45) is 2.63. The highest BCUT2D eigenvalue weighted by molar-refractivity contribution is 5.25. The lowest BCUT2D eigenvalue weighted by atomic mass is 9.95. The Morgan fingerprint density at radius 2 is 1.65 bits per heavy atom. The SMILES string of the molecule is CCC(C)CC(O)Cc1ccc(C(C)C)cc1. The molecule has 0 aliphatic heterocycles. The van der Waals surface area contributed by atoms with Crippen molar-refractivity contribution < 1.29 is 5.11 Å². The fraction of sp³-hybridized carbons (Fsp3) is 0.625. The molecule has 0 amide bonds. The number of aliphatic hydroxyl groups excluding tert-OH is 1. The van der Waals surface area contributed by atoms with Crippen LogP contribution in [0.5, 0.6) is 0 Å². The maximum atomic E-state index is 9.98. The summed E-state index contributed by atoms with van der Waals surface area (Å²) in [5, 5.41) is 9.98. The predicted octanol–water partition coefficient (Wildman–Crippen LogP) is 4.15. The maximum Gasteiger partial charge on any atom is 0.0583 e. The lowest BCUT2D eigenvalue weighted by molar-refractivity contribution is 0.144. The molecule has 1 N–H and O–H groups in total. The van der Waals surface area contributed by atoms with Crippen LogP contribution in [0.2, 0.25) is 0 Å². The summed E-state index contributed by atoms with van der Waals surface area (Å²) >= 11 is 0. The first kappa shape index (κ1) is 14.2. The zero-order valence-electron chi connectivity index (χ0n) is 11.6. The van der Waals surface area contributed by atoms with E-state index in [0.29, 0.717) is 11.8 Å². The van der Waals surface area contributed by atoms with Gasteiger partial charge in [0.15, 0.2) is 0 Å². The topological polar surface area (TPSA) is 20.2 Å². The van der Waals surface area contributed by atoms with Crippen LogP contribution in [-0.4, -0.2) is 11.2 Å². The predicted molar refractivity (Wildman–Crippen MR) is 74.3 cm³/mol. The first-order valence-electron chi connectivity index (χ1n) is 6.79. The molecule has 0 aliphatic carbocycles. The Balaban J connectivity index is 2.51. The Hall–Kier alpha value is -0.820. The van der Waals surface area contributed by atoms with Gasteiger partial charge < -0.3 is 5.11 Å². The number of hydrogen-bond acceptors (Lipinski definition) is 1. The van der Waals surface area contributed by atoms with Crippen molar-refractivity contribution in [3.63, 3.8) is 0 Å². The second-order valence-electron chi connectivity index (χ2n) is 5.50. The molecule has 1 aromatic carbocycles. The molecule has 17 heavy (non-hydrogen) atoms. The van der Waals surface area contributed by atoms with Crippen LogP contribution >= 0.6 is 0 Å². The third-order valence-corrected chi connectivity index (χ3v) is 3.49. The highest BCUT2D eigenvalue weighted by atomic mass is 16.3. The number of benzene rings is 1. The largest absolute Gasteiger partial charge is 0.393 e. The van der Waals surface area contributed by atoms with Crippen LogP contribution in [0, 0.1) is 5.92 Å². The van der Waals surface area contributed by atoms with Crippen LogP contribution in [0.25, 0.3) is 0 Å². The lowest BCUT2D eigenvalue weighted by Crippen LogP contribution is -2.14. The van der Waals surface area contributed by atoms with E-state index in [1.54, 1.807) is 0 Å². The van der Waals surface area contributed by atoms with Crippen molar-refractivity contribution in [2.45, 2.75) is 59.0 Å². The number of rotatable bonds is 6. The zero-order valence-corrected chi connectivity index (χ0v) is 11.6. The van der Waals surface area contributed by atoms with Crippen LogP contribution in [0.4, 0.5) is 0 Å². The van der Waals surface area contributed by atoms with E-state index in [1.165, 1.54) is 11.1 Å². The summed E-state index contributed by atoms with van der Waals surface area (Å²) < 4.78 is 0. The summed E-state index contributed by atoms with van der Waals surface area (Å²) in [5.74, 6) is 1.19. The Morgan fingerprint density at radius 3 is 2.12 bits per heavy atom. The van der Waals surface area contributed by atoms with Crippen LogP contribution in [0.3, 0.4) is 0 Å². The zero-order chi connectivity index (χ0) is 12.8. The minimum Gasteiger partial charge on any atom is -0.393 e. The van der Waals surface area contributed by atoms with E-state index in [1.807, 2.05) is 0 Å². The standard InChI is InChI=1S/C16H26O/c1-5-13(4)10-16(17)11-14-6-8-15(9-7-14)12(2)3/h6-9,12-13,16-17H,5,10-11H2,1-4H3. The Bertz CT molecular complexity index is 313. The first-order valence-corrected chi connectivity index (χ1v) is 6.79.